The summed E-state index contributed by atoms with van der Waals surface area (Å²) in [5.74, 6) is -1.67. The Morgan fingerprint density at radius 1 is 1.23 bits per heavy atom. The molecule has 0 fully saturated rings. The fraction of sp³-hybridized carbons (Fsp3) is 0.438. The number of benzene rings is 1. The first-order chi connectivity index (χ1) is 10.6. The third kappa shape index (κ3) is 3.69. The van der Waals surface area contributed by atoms with Gasteiger partial charge in [-0.15, -0.1) is 5.10 Å². The summed E-state index contributed by atoms with van der Waals surface area (Å²) in [4.78, 5) is 11.3. The summed E-state index contributed by atoms with van der Waals surface area (Å²) >= 11 is 0. The minimum Gasteiger partial charge on any atom is -0.476 e. The Morgan fingerprint density at radius 3 is 2.64 bits per heavy atom. The topological polar surface area (TPSA) is 68.0 Å². The lowest BCUT2D eigenvalue weighted by Gasteiger charge is -2.08. The normalized spacial score (nSPS) is 10.8. The Labute approximate surface area is 128 Å². The average Bonchev–Trinajstić information content (AvgIpc) is 2.91. The third-order valence-electron chi connectivity index (χ3n) is 3.54. The van der Waals surface area contributed by atoms with Gasteiger partial charge in [0.25, 0.3) is 0 Å². The van der Waals surface area contributed by atoms with E-state index in [-0.39, 0.29) is 17.0 Å². The summed E-state index contributed by atoms with van der Waals surface area (Å²) in [6, 6.07) is 6.09. The Morgan fingerprint density at radius 2 is 1.95 bits per heavy atom. The van der Waals surface area contributed by atoms with Gasteiger partial charge in [-0.25, -0.2) is 13.9 Å². The molecule has 0 aliphatic heterocycles. The number of unbranched alkanes of at least 4 members (excludes halogenated alkanes) is 4. The Balaban J connectivity index is 2.24. The number of carboxylic acid groups (broad SMARTS) is 1. The van der Waals surface area contributed by atoms with E-state index in [1.54, 1.807) is 18.2 Å². The van der Waals surface area contributed by atoms with Gasteiger partial charge in [0.1, 0.15) is 11.5 Å². The van der Waals surface area contributed by atoms with Crippen molar-refractivity contribution in [1.29, 1.82) is 0 Å². The summed E-state index contributed by atoms with van der Waals surface area (Å²) in [7, 11) is 0. The van der Waals surface area contributed by atoms with Crippen LogP contribution in [0.5, 0.6) is 0 Å². The zero-order valence-corrected chi connectivity index (χ0v) is 12.6. The zero-order chi connectivity index (χ0) is 15.9. The van der Waals surface area contributed by atoms with Crippen molar-refractivity contribution in [3.8, 4) is 11.3 Å². The monoisotopic (exact) mass is 305 g/mol. The number of halogens is 1. The predicted molar refractivity (Wildman–Crippen MR) is 81.1 cm³/mol. The molecule has 0 amide bonds. The molecule has 1 aromatic carbocycles. The molecule has 1 aromatic heterocycles. The number of nitrogens with zero attached hydrogens (tertiary/aromatic N) is 3. The highest BCUT2D eigenvalue weighted by atomic mass is 19.1. The van der Waals surface area contributed by atoms with Gasteiger partial charge in [-0.05, 0) is 18.6 Å². The van der Waals surface area contributed by atoms with E-state index >= 15 is 0 Å². The van der Waals surface area contributed by atoms with Gasteiger partial charge < -0.3 is 5.11 Å². The summed E-state index contributed by atoms with van der Waals surface area (Å²) in [5.41, 5.74) is 0.248. The molecule has 0 atom stereocenters. The lowest BCUT2D eigenvalue weighted by atomic mass is 10.1. The maximum atomic E-state index is 14.0. The smallest absolute Gasteiger partial charge is 0.358 e. The van der Waals surface area contributed by atoms with Gasteiger partial charge in [0.15, 0.2) is 5.69 Å². The number of rotatable bonds is 8. The first-order valence-corrected chi connectivity index (χ1v) is 7.56. The standard InChI is InChI=1S/C16H20FN3O2/c1-2-3-4-5-8-11-20-15(14(16(21)22)18-19-20)12-9-6-7-10-13(12)17/h6-7,9-10H,2-5,8,11H2,1H3,(H,21,22). The molecule has 0 bridgehead atoms. The second-order valence-corrected chi connectivity index (χ2v) is 5.21. The van der Waals surface area contributed by atoms with E-state index in [1.807, 2.05) is 0 Å². The highest BCUT2D eigenvalue weighted by Gasteiger charge is 2.22. The van der Waals surface area contributed by atoms with Crippen LogP contribution in [-0.2, 0) is 6.54 Å². The van der Waals surface area contributed by atoms with Gasteiger partial charge in [-0.2, -0.15) is 0 Å². The number of carboxylic acids is 1. The molecule has 0 saturated carbocycles. The van der Waals surface area contributed by atoms with Gasteiger partial charge in [0.05, 0.1) is 0 Å². The Kier molecular flexibility index (Phi) is 5.63. The third-order valence-corrected chi connectivity index (χ3v) is 3.54. The fourth-order valence-corrected chi connectivity index (χ4v) is 2.40. The molecule has 0 aliphatic carbocycles. The maximum absolute atomic E-state index is 14.0. The summed E-state index contributed by atoms with van der Waals surface area (Å²) in [6.45, 7) is 2.68. The molecule has 0 radical (unpaired) electrons. The summed E-state index contributed by atoms with van der Waals surface area (Å²) in [6.07, 6.45) is 5.37. The van der Waals surface area contributed by atoms with Gasteiger partial charge in [-0.1, -0.05) is 50.0 Å². The largest absolute Gasteiger partial charge is 0.476 e. The second kappa shape index (κ2) is 7.68. The van der Waals surface area contributed by atoms with Crippen LogP contribution < -0.4 is 0 Å². The van der Waals surface area contributed by atoms with E-state index < -0.39 is 11.8 Å². The lowest BCUT2D eigenvalue weighted by molar-refractivity contribution is 0.0691. The molecule has 22 heavy (non-hydrogen) atoms. The van der Waals surface area contributed by atoms with Gasteiger partial charge >= 0.3 is 5.97 Å². The van der Waals surface area contributed by atoms with Crippen molar-refractivity contribution in [2.24, 2.45) is 0 Å². The molecule has 0 saturated heterocycles. The molecule has 1 heterocycles. The second-order valence-electron chi connectivity index (χ2n) is 5.21. The van der Waals surface area contributed by atoms with Crippen LogP contribution in [0.3, 0.4) is 0 Å². The van der Waals surface area contributed by atoms with E-state index in [9.17, 15) is 14.3 Å². The highest BCUT2D eigenvalue weighted by Crippen LogP contribution is 2.25. The first-order valence-electron chi connectivity index (χ1n) is 7.56. The summed E-state index contributed by atoms with van der Waals surface area (Å²) in [5, 5.41) is 16.8. The van der Waals surface area contributed by atoms with Crippen LogP contribution in [0.1, 0.15) is 49.5 Å². The minimum absolute atomic E-state index is 0.210. The average molecular weight is 305 g/mol. The first kappa shape index (κ1) is 16.1. The Bertz CT molecular complexity index is 640. The zero-order valence-electron chi connectivity index (χ0n) is 12.6. The van der Waals surface area contributed by atoms with Crippen LogP contribution in [0, 0.1) is 5.82 Å². The van der Waals surface area contributed by atoms with Gasteiger partial charge in [-0.3, -0.25) is 0 Å². The van der Waals surface area contributed by atoms with Crippen molar-refractivity contribution in [2.75, 3.05) is 0 Å². The molecule has 0 unspecified atom stereocenters. The van der Waals surface area contributed by atoms with Crippen molar-refractivity contribution in [3.63, 3.8) is 0 Å². The number of hydrogen-bond acceptors (Lipinski definition) is 3. The van der Waals surface area contributed by atoms with Crippen LogP contribution >= 0.6 is 0 Å². The van der Waals surface area contributed by atoms with Gasteiger partial charge in [0.2, 0.25) is 0 Å². The quantitative estimate of drug-likeness (QED) is 0.754. The van der Waals surface area contributed by atoms with E-state index in [0.29, 0.717) is 6.54 Å². The van der Waals surface area contributed by atoms with Crippen LogP contribution in [-0.4, -0.2) is 26.1 Å². The number of carbonyl (C=O) groups is 1. The predicted octanol–water partition coefficient (Wildman–Crippen LogP) is 3.75. The van der Waals surface area contributed by atoms with Crippen LogP contribution in [0.4, 0.5) is 4.39 Å². The van der Waals surface area contributed by atoms with Crippen molar-refractivity contribution >= 4 is 5.97 Å². The SMILES string of the molecule is CCCCCCCn1nnc(C(=O)O)c1-c1ccccc1F. The number of aryl methyl sites for hydroxylation is 1. The van der Waals surface area contributed by atoms with Crippen LogP contribution in [0.15, 0.2) is 24.3 Å². The molecule has 6 heteroatoms. The molecule has 0 aliphatic rings. The molecule has 2 rings (SSSR count). The molecule has 0 spiro atoms. The minimum atomic E-state index is -1.20. The van der Waals surface area contributed by atoms with E-state index in [1.165, 1.54) is 17.2 Å². The maximum Gasteiger partial charge on any atom is 0.358 e. The molecular weight excluding hydrogens is 285 g/mol. The van der Waals surface area contributed by atoms with Crippen molar-refractivity contribution in [2.45, 2.75) is 45.6 Å². The fourth-order valence-electron chi connectivity index (χ4n) is 2.40. The number of aromatic nitrogens is 3. The van der Waals surface area contributed by atoms with Crippen molar-refractivity contribution in [1.82, 2.24) is 15.0 Å². The molecule has 118 valence electrons. The number of hydrogen-bond donors (Lipinski definition) is 1. The molecular formula is C16H20FN3O2. The van der Waals surface area contributed by atoms with Crippen molar-refractivity contribution in [3.05, 3.63) is 35.8 Å². The Hall–Kier alpha value is -2.24. The van der Waals surface area contributed by atoms with E-state index in [4.69, 9.17) is 0 Å². The highest BCUT2D eigenvalue weighted by molar-refractivity contribution is 5.92. The van der Waals surface area contributed by atoms with Crippen LogP contribution in [0.2, 0.25) is 0 Å². The molecule has 2 aromatic rings. The molecule has 5 nitrogen and oxygen atoms in total. The lowest BCUT2D eigenvalue weighted by Crippen LogP contribution is -2.06. The van der Waals surface area contributed by atoms with Crippen molar-refractivity contribution < 1.29 is 14.3 Å². The summed E-state index contributed by atoms with van der Waals surface area (Å²) < 4.78 is 15.5. The van der Waals surface area contributed by atoms with E-state index in [2.05, 4.69) is 17.2 Å². The van der Waals surface area contributed by atoms with Gasteiger partial charge in [0, 0.05) is 12.1 Å². The van der Waals surface area contributed by atoms with E-state index in [0.717, 1.165) is 25.7 Å². The molecule has 1 N–H and O–H groups in total. The van der Waals surface area contributed by atoms with Crippen LogP contribution in [0.25, 0.3) is 11.3 Å². The number of aromatic carboxylic acids is 1.